The van der Waals surface area contributed by atoms with Gasteiger partial charge in [0.05, 0.1) is 19.9 Å². The van der Waals surface area contributed by atoms with Crippen LogP contribution in [0.25, 0.3) is 28.2 Å². The average molecular weight is 555 g/mol. The van der Waals surface area contributed by atoms with Gasteiger partial charge in [-0.15, -0.1) is 10.2 Å². The normalized spacial score (nSPS) is 10.8. The van der Waals surface area contributed by atoms with E-state index in [4.69, 9.17) is 14.5 Å². The van der Waals surface area contributed by atoms with Gasteiger partial charge in [0.1, 0.15) is 28.7 Å². The molecule has 0 atom stereocenters. The summed E-state index contributed by atoms with van der Waals surface area (Å²) in [5.74, 6) is 1.97. The van der Waals surface area contributed by atoms with Crippen LogP contribution in [0.1, 0.15) is 6.42 Å². The Morgan fingerprint density at radius 1 is 0.875 bits per heavy atom. The first-order valence-corrected chi connectivity index (χ1v) is 13.4. The van der Waals surface area contributed by atoms with E-state index >= 15 is 0 Å². The summed E-state index contributed by atoms with van der Waals surface area (Å²) in [6.07, 6.45) is 0.185. The molecule has 11 heteroatoms. The van der Waals surface area contributed by atoms with Crippen molar-refractivity contribution in [3.63, 3.8) is 0 Å². The number of thioether (sulfide) groups is 1. The molecule has 5 rings (SSSR count). The fraction of sp³-hybridized carbons (Fsp3) is 0.138. The third-order valence-electron chi connectivity index (χ3n) is 5.96. The van der Waals surface area contributed by atoms with E-state index in [1.807, 2.05) is 66.7 Å². The van der Waals surface area contributed by atoms with Crippen molar-refractivity contribution in [1.29, 1.82) is 0 Å². The molecule has 0 aliphatic carbocycles. The molecule has 0 fully saturated rings. The van der Waals surface area contributed by atoms with Crippen LogP contribution >= 0.6 is 11.8 Å². The Morgan fingerprint density at radius 2 is 1.50 bits per heavy atom. The molecule has 202 valence electrons. The SMILES string of the molecule is COc1ccc(-c2nnc(SCCC(=O)Nc3cc(=O)n(-c4ccccc4)[nH]3)nc2-c2ccc(OC)cc2)cc1. The van der Waals surface area contributed by atoms with Crippen LogP contribution in [-0.2, 0) is 4.79 Å². The van der Waals surface area contributed by atoms with E-state index < -0.39 is 0 Å². The summed E-state index contributed by atoms with van der Waals surface area (Å²) >= 11 is 1.32. The number of benzene rings is 3. The number of rotatable bonds is 10. The highest BCUT2D eigenvalue weighted by atomic mass is 32.2. The van der Waals surface area contributed by atoms with Gasteiger partial charge in [0, 0.05) is 29.4 Å². The Labute approximate surface area is 234 Å². The molecule has 0 bridgehead atoms. The molecule has 2 aromatic heterocycles. The van der Waals surface area contributed by atoms with E-state index in [-0.39, 0.29) is 17.9 Å². The van der Waals surface area contributed by atoms with Gasteiger partial charge in [0.2, 0.25) is 11.1 Å². The van der Waals surface area contributed by atoms with Crippen LogP contribution in [0.5, 0.6) is 11.5 Å². The molecule has 0 spiro atoms. The highest BCUT2D eigenvalue weighted by Crippen LogP contribution is 2.32. The number of hydrogen-bond donors (Lipinski definition) is 2. The molecule has 1 amide bonds. The maximum absolute atomic E-state index is 12.6. The molecule has 0 aliphatic heterocycles. The monoisotopic (exact) mass is 554 g/mol. The molecule has 2 N–H and O–H groups in total. The summed E-state index contributed by atoms with van der Waals surface area (Å²) in [7, 11) is 3.23. The number of nitrogens with one attached hydrogen (secondary N) is 2. The van der Waals surface area contributed by atoms with Gasteiger partial charge >= 0.3 is 0 Å². The summed E-state index contributed by atoms with van der Waals surface area (Å²) < 4.78 is 11.9. The first kappa shape index (κ1) is 26.7. The highest BCUT2D eigenvalue weighted by Gasteiger charge is 2.15. The molecule has 0 saturated heterocycles. The van der Waals surface area contributed by atoms with Crippen molar-refractivity contribution >= 4 is 23.5 Å². The van der Waals surface area contributed by atoms with Crippen molar-refractivity contribution in [2.45, 2.75) is 11.6 Å². The van der Waals surface area contributed by atoms with E-state index in [0.29, 0.717) is 33.8 Å². The predicted molar refractivity (Wildman–Crippen MR) is 154 cm³/mol. The minimum Gasteiger partial charge on any atom is -0.497 e. The van der Waals surface area contributed by atoms with Gasteiger partial charge in [-0.25, -0.2) is 9.67 Å². The first-order chi connectivity index (χ1) is 19.5. The van der Waals surface area contributed by atoms with Gasteiger partial charge in [-0.05, 0) is 60.7 Å². The zero-order valence-electron chi connectivity index (χ0n) is 21.8. The lowest BCUT2D eigenvalue weighted by Crippen LogP contribution is -2.14. The molecule has 40 heavy (non-hydrogen) atoms. The summed E-state index contributed by atoms with van der Waals surface area (Å²) in [4.78, 5) is 29.7. The number of carbonyl (C=O) groups excluding carboxylic acids is 1. The Balaban J connectivity index is 1.28. The van der Waals surface area contributed by atoms with Crippen molar-refractivity contribution in [1.82, 2.24) is 25.0 Å². The Hall–Kier alpha value is -4.90. The molecule has 0 radical (unpaired) electrons. The minimum absolute atomic E-state index is 0.185. The van der Waals surface area contributed by atoms with Crippen LogP contribution in [0.15, 0.2) is 94.9 Å². The van der Waals surface area contributed by atoms with Gasteiger partial charge in [-0.2, -0.15) is 0 Å². The van der Waals surface area contributed by atoms with Gasteiger partial charge in [0.25, 0.3) is 5.56 Å². The van der Waals surface area contributed by atoms with Gasteiger partial charge in [-0.3, -0.25) is 14.7 Å². The maximum Gasteiger partial charge on any atom is 0.273 e. The number of nitrogens with zero attached hydrogens (tertiary/aromatic N) is 4. The second kappa shape index (κ2) is 12.3. The number of methoxy groups -OCH3 is 2. The standard InChI is InChI=1S/C29H26N6O4S/c1-38-22-12-8-19(9-13-22)27-28(20-10-14-23(39-2)15-11-20)32-33-29(31-27)40-17-16-25(36)30-24-18-26(37)35(34-24)21-6-4-3-5-7-21/h3-15,18,34H,16-17H2,1-2H3,(H,30,36). The van der Waals surface area contributed by atoms with Crippen molar-refractivity contribution in [3.05, 3.63) is 95.3 Å². The maximum atomic E-state index is 12.6. The minimum atomic E-state index is -0.265. The van der Waals surface area contributed by atoms with Gasteiger partial charge in [0.15, 0.2) is 0 Å². The second-order valence-electron chi connectivity index (χ2n) is 8.57. The average Bonchev–Trinajstić information content (AvgIpc) is 3.37. The topological polar surface area (TPSA) is 124 Å². The number of para-hydroxylation sites is 1. The van der Waals surface area contributed by atoms with Crippen LogP contribution < -0.4 is 20.3 Å². The van der Waals surface area contributed by atoms with Crippen molar-refractivity contribution in [3.8, 4) is 39.7 Å². The quantitative estimate of drug-likeness (QED) is 0.236. The molecule has 3 aromatic carbocycles. The molecule has 5 aromatic rings. The van der Waals surface area contributed by atoms with Crippen LogP contribution in [-0.4, -0.2) is 50.8 Å². The number of amides is 1. The molecule has 0 unspecified atom stereocenters. The second-order valence-corrected chi connectivity index (χ2v) is 9.64. The van der Waals surface area contributed by atoms with E-state index in [1.54, 1.807) is 26.4 Å². The number of aromatic amines is 1. The summed E-state index contributed by atoms with van der Waals surface area (Å²) in [6.45, 7) is 0. The number of anilines is 1. The fourth-order valence-electron chi connectivity index (χ4n) is 3.94. The Morgan fingerprint density at radius 3 is 2.12 bits per heavy atom. The van der Waals surface area contributed by atoms with E-state index in [9.17, 15) is 9.59 Å². The van der Waals surface area contributed by atoms with E-state index in [0.717, 1.165) is 22.6 Å². The molecule has 0 aliphatic rings. The van der Waals surface area contributed by atoms with Crippen LogP contribution in [0, 0.1) is 0 Å². The van der Waals surface area contributed by atoms with Crippen molar-refractivity contribution in [2.75, 3.05) is 25.3 Å². The third kappa shape index (κ3) is 6.21. The van der Waals surface area contributed by atoms with Crippen molar-refractivity contribution < 1.29 is 14.3 Å². The lowest BCUT2D eigenvalue weighted by Gasteiger charge is -2.10. The summed E-state index contributed by atoms with van der Waals surface area (Å²) in [5, 5.41) is 14.9. The zero-order valence-corrected chi connectivity index (χ0v) is 22.6. The number of aromatic nitrogens is 5. The molecule has 0 saturated carbocycles. The lowest BCUT2D eigenvalue weighted by molar-refractivity contribution is -0.115. The van der Waals surface area contributed by atoms with Crippen LogP contribution in [0.3, 0.4) is 0 Å². The lowest BCUT2D eigenvalue weighted by atomic mass is 10.0. The molecular formula is C29H26N6O4S. The molecule has 2 heterocycles. The largest absolute Gasteiger partial charge is 0.497 e. The van der Waals surface area contributed by atoms with Gasteiger partial charge in [-0.1, -0.05) is 30.0 Å². The van der Waals surface area contributed by atoms with Crippen LogP contribution in [0.2, 0.25) is 0 Å². The smallest absolute Gasteiger partial charge is 0.273 e. The fourth-order valence-corrected chi connectivity index (χ4v) is 4.67. The first-order valence-electron chi connectivity index (χ1n) is 12.4. The molecular weight excluding hydrogens is 528 g/mol. The highest BCUT2D eigenvalue weighted by molar-refractivity contribution is 7.99. The number of ether oxygens (including phenoxy) is 2. The summed E-state index contributed by atoms with van der Waals surface area (Å²) in [6, 6.07) is 25.6. The van der Waals surface area contributed by atoms with E-state index in [2.05, 4.69) is 20.6 Å². The predicted octanol–water partition coefficient (Wildman–Crippen LogP) is 4.82. The zero-order chi connectivity index (χ0) is 27.9. The van der Waals surface area contributed by atoms with Crippen molar-refractivity contribution in [2.24, 2.45) is 0 Å². The van der Waals surface area contributed by atoms with E-state index in [1.165, 1.54) is 22.5 Å². The number of H-pyrrole nitrogens is 1. The van der Waals surface area contributed by atoms with Crippen LogP contribution in [0.4, 0.5) is 5.82 Å². The third-order valence-corrected chi connectivity index (χ3v) is 6.80. The number of hydrogen-bond acceptors (Lipinski definition) is 8. The number of carbonyl (C=O) groups is 1. The Kier molecular flexibility index (Phi) is 8.21. The summed E-state index contributed by atoms with van der Waals surface area (Å²) in [5.41, 5.74) is 3.40. The molecule has 10 nitrogen and oxygen atoms in total. The van der Waals surface area contributed by atoms with Gasteiger partial charge < -0.3 is 14.8 Å². The Bertz CT molecular complexity index is 1650.